The van der Waals surface area contributed by atoms with E-state index < -0.39 is 0 Å². The molecule has 0 unspecified atom stereocenters. The molecule has 7 heteroatoms. The third kappa shape index (κ3) is 3.11. The molecule has 5 aromatic heterocycles. The maximum Gasteiger partial charge on any atom is 0.259 e. The van der Waals surface area contributed by atoms with Gasteiger partial charge in [0.1, 0.15) is 5.65 Å². The third-order valence-corrected chi connectivity index (χ3v) is 6.51. The molecule has 0 aliphatic heterocycles. The summed E-state index contributed by atoms with van der Waals surface area (Å²) in [5.41, 5.74) is 5.42. The molecule has 0 bridgehead atoms. The average molecular weight is 436 g/mol. The van der Waals surface area contributed by atoms with Gasteiger partial charge in [0.15, 0.2) is 0 Å². The summed E-state index contributed by atoms with van der Waals surface area (Å²) in [6.07, 6.45) is 3.43. The summed E-state index contributed by atoms with van der Waals surface area (Å²) in [5.74, 6) is 0. The van der Waals surface area contributed by atoms with E-state index in [1.165, 1.54) is 4.88 Å². The maximum absolute atomic E-state index is 12.7. The minimum atomic E-state index is -0.202. The van der Waals surface area contributed by atoms with E-state index in [4.69, 9.17) is 4.98 Å². The Hall–Kier alpha value is -4.10. The predicted octanol–water partition coefficient (Wildman–Crippen LogP) is 5.57. The number of hydrogen-bond acceptors (Lipinski definition) is 5. The van der Waals surface area contributed by atoms with Crippen molar-refractivity contribution in [1.82, 2.24) is 25.1 Å². The van der Waals surface area contributed by atoms with E-state index in [-0.39, 0.29) is 5.56 Å². The van der Waals surface area contributed by atoms with Crippen LogP contribution >= 0.6 is 11.3 Å². The number of hydrogen-bond donors (Lipinski definition) is 2. The highest BCUT2D eigenvalue weighted by Gasteiger charge is 2.16. The largest absolute Gasteiger partial charge is 0.306 e. The predicted molar refractivity (Wildman–Crippen MR) is 129 cm³/mol. The maximum atomic E-state index is 12.7. The summed E-state index contributed by atoms with van der Waals surface area (Å²) >= 11 is 1.69. The Morgan fingerprint density at radius 3 is 2.62 bits per heavy atom. The fourth-order valence-electron chi connectivity index (χ4n) is 3.95. The van der Waals surface area contributed by atoms with Gasteiger partial charge in [-0.05, 0) is 61.0 Å². The van der Waals surface area contributed by atoms with Gasteiger partial charge in [0.2, 0.25) is 0 Å². The lowest BCUT2D eigenvalue weighted by atomic mass is 9.99. The number of nitrogens with one attached hydrogen (secondary N) is 2. The molecule has 0 saturated heterocycles. The number of aromatic amines is 2. The minimum absolute atomic E-state index is 0.202. The van der Waals surface area contributed by atoms with Gasteiger partial charge in [-0.25, -0.2) is 4.98 Å². The molecule has 0 aliphatic rings. The molecule has 32 heavy (non-hydrogen) atoms. The number of H-pyrrole nitrogens is 2. The third-order valence-electron chi connectivity index (χ3n) is 5.51. The van der Waals surface area contributed by atoms with E-state index in [2.05, 4.69) is 63.5 Å². The van der Waals surface area contributed by atoms with Crippen LogP contribution in [0.1, 0.15) is 4.88 Å². The van der Waals surface area contributed by atoms with Crippen molar-refractivity contribution in [2.75, 3.05) is 0 Å². The van der Waals surface area contributed by atoms with Gasteiger partial charge in [0.25, 0.3) is 5.56 Å². The summed E-state index contributed by atoms with van der Waals surface area (Å²) in [4.78, 5) is 27.3. The quantitative estimate of drug-likeness (QED) is 0.381. The summed E-state index contributed by atoms with van der Waals surface area (Å²) in [6.45, 7) is 2.08. The van der Waals surface area contributed by atoms with Gasteiger partial charge >= 0.3 is 0 Å². The first-order valence-electron chi connectivity index (χ1n) is 10.2. The van der Waals surface area contributed by atoms with Crippen LogP contribution in [0.25, 0.3) is 54.9 Å². The number of benzene rings is 1. The van der Waals surface area contributed by atoms with Crippen LogP contribution in [0.4, 0.5) is 0 Å². The minimum Gasteiger partial charge on any atom is -0.306 e. The van der Waals surface area contributed by atoms with Crippen LogP contribution in [0, 0.1) is 6.92 Å². The van der Waals surface area contributed by atoms with E-state index in [0.717, 1.165) is 38.0 Å². The van der Waals surface area contributed by atoms with E-state index >= 15 is 0 Å². The Balaban J connectivity index is 1.64. The van der Waals surface area contributed by atoms with Crippen molar-refractivity contribution in [3.63, 3.8) is 0 Å². The molecule has 0 saturated carbocycles. The second kappa shape index (κ2) is 7.25. The second-order valence-corrected chi connectivity index (χ2v) is 8.91. The zero-order valence-electron chi connectivity index (χ0n) is 17.1. The zero-order valence-corrected chi connectivity index (χ0v) is 17.9. The van der Waals surface area contributed by atoms with Crippen LogP contribution in [0.15, 0.2) is 77.9 Å². The van der Waals surface area contributed by atoms with Crippen LogP contribution in [0.5, 0.6) is 0 Å². The molecule has 154 valence electrons. The molecule has 5 heterocycles. The number of thiophene rings is 1. The van der Waals surface area contributed by atoms with Crippen LogP contribution in [-0.2, 0) is 0 Å². The van der Waals surface area contributed by atoms with E-state index in [9.17, 15) is 4.79 Å². The standard InChI is InChI=1S/C25H17N5OS/c1-14-4-7-22(32-14)23-18(15-5-6-20-16(11-15)3-2-9-26-20)12-17-13-19(21-8-10-27-30-21)25(31)29-24(17)28-23/h2-13H,1H3,(H,27,30)(H,28,29,31). The number of aryl methyl sites for hydroxylation is 1. The molecular weight excluding hydrogens is 418 g/mol. The van der Waals surface area contributed by atoms with Crippen molar-refractivity contribution in [3.8, 4) is 33.0 Å². The van der Waals surface area contributed by atoms with Crippen molar-refractivity contribution < 1.29 is 0 Å². The number of nitrogens with zero attached hydrogens (tertiary/aromatic N) is 3. The highest BCUT2D eigenvalue weighted by Crippen LogP contribution is 2.37. The molecule has 0 radical (unpaired) electrons. The van der Waals surface area contributed by atoms with Crippen LogP contribution < -0.4 is 5.56 Å². The fraction of sp³-hybridized carbons (Fsp3) is 0.0400. The van der Waals surface area contributed by atoms with Crippen LogP contribution in [-0.4, -0.2) is 25.1 Å². The van der Waals surface area contributed by atoms with Gasteiger partial charge in [-0.3, -0.25) is 14.9 Å². The number of fused-ring (bicyclic) bond motifs is 2. The van der Waals surface area contributed by atoms with Gasteiger partial charge in [-0.15, -0.1) is 11.3 Å². The molecule has 0 aliphatic carbocycles. The summed E-state index contributed by atoms with van der Waals surface area (Å²) in [6, 6.07) is 20.1. The van der Waals surface area contributed by atoms with Gasteiger partial charge < -0.3 is 4.98 Å². The van der Waals surface area contributed by atoms with Crippen molar-refractivity contribution in [1.29, 1.82) is 0 Å². The first kappa shape index (κ1) is 18.7. The SMILES string of the molecule is Cc1ccc(-c2nc3[nH]c(=O)c(-c4ccn[nH]4)cc3cc2-c2ccc3ncccc3c2)s1. The summed E-state index contributed by atoms with van der Waals surface area (Å²) < 4.78 is 0. The Labute approximate surface area is 186 Å². The highest BCUT2D eigenvalue weighted by molar-refractivity contribution is 7.15. The van der Waals surface area contributed by atoms with Crippen molar-refractivity contribution in [3.05, 3.63) is 88.3 Å². The van der Waals surface area contributed by atoms with Gasteiger partial charge in [-0.2, -0.15) is 5.10 Å². The molecule has 0 atom stereocenters. The number of pyridine rings is 3. The summed E-state index contributed by atoms with van der Waals surface area (Å²) in [7, 11) is 0. The molecule has 1 aromatic carbocycles. The average Bonchev–Trinajstić information content (AvgIpc) is 3.49. The Kier molecular flexibility index (Phi) is 4.22. The van der Waals surface area contributed by atoms with Crippen LogP contribution in [0.3, 0.4) is 0 Å². The molecule has 0 spiro atoms. The monoisotopic (exact) mass is 435 g/mol. The normalized spacial score (nSPS) is 11.4. The van der Waals surface area contributed by atoms with Gasteiger partial charge in [-0.1, -0.05) is 12.1 Å². The molecule has 0 fully saturated rings. The first-order valence-corrected chi connectivity index (χ1v) is 11.0. The molecule has 6 rings (SSSR count). The Bertz CT molecular complexity index is 1660. The topological polar surface area (TPSA) is 87.3 Å². The first-order chi connectivity index (χ1) is 15.7. The van der Waals surface area contributed by atoms with Crippen molar-refractivity contribution in [2.24, 2.45) is 0 Å². The second-order valence-electron chi connectivity index (χ2n) is 7.63. The highest BCUT2D eigenvalue weighted by atomic mass is 32.1. The Morgan fingerprint density at radius 1 is 0.906 bits per heavy atom. The van der Waals surface area contributed by atoms with Gasteiger partial charge in [0, 0.05) is 33.6 Å². The zero-order chi connectivity index (χ0) is 21.7. The Morgan fingerprint density at radius 2 is 1.81 bits per heavy atom. The molecule has 6 nitrogen and oxygen atoms in total. The van der Waals surface area contributed by atoms with Gasteiger partial charge in [0.05, 0.1) is 27.3 Å². The molecular formula is C25H17N5OS. The van der Waals surface area contributed by atoms with Crippen molar-refractivity contribution in [2.45, 2.75) is 6.92 Å². The van der Waals surface area contributed by atoms with Crippen molar-refractivity contribution >= 4 is 33.3 Å². The lowest BCUT2D eigenvalue weighted by Gasteiger charge is -2.11. The molecule has 2 N–H and O–H groups in total. The molecule has 6 aromatic rings. The van der Waals surface area contributed by atoms with E-state index in [1.807, 2.05) is 18.2 Å². The van der Waals surface area contributed by atoms with E-state index in [0.29, 0.717) is 16.9 Å². The summed E-state index contributed by atoms with van der Waals surface area (Å²) in [5, 5.41) is 8.76. The van der Waals surface area contributed by atoms with Crippen LogP contribution in [0.2, 0.25) is 0 Å². The lowest BCUT2D eigenvalue weighted by Crippen LogP contribution is -2.10. The van der Waals surface area contributed by atoms with E-state index in [1.54, 1.807) is 29.8 Å². The number of rotatable bonds is 3. The smallest absolute Gasteiger partial charge is 0.259 e. The lowest BCUT2D eigenvalue weighted by molar-refractivity contribution is 1.09. The number of aromatic nitrogens is 5. The fourth-order valence-corrected chi connectivity index (χ4v) is 4.82. The molecule has 0 amide bonds.